The number of ether oxygens (including phenoxy) is 1. The summed E-state index contributed by atoms with van der Waals surface area (Å²) in [6.07, 6.45) is 2.85. The molecule has 0 saturated heterocycles. The van der Waals surface area contributed by atoms with Crippen molar-refractivity contribution < 1.29 is 13.2 Å². The summed E-state index contributed by atoms with van der Waals surface area (Å²) in [5.74, 6) is 1.09. The van der Waals surface area contributed by atoms with Crippen LogP contribution in [0.5, 0.6) is 5.75 Å². The maximum absolute atomic E-state index is 11.6. The summed E-state index contributed by atoms with van der Waals surface area (Å²) in [6.45, 7) is 0. The third-order valence-electron chi connectivity index (χ3n) is 2.40. The van der Waals surface area contributed by atoms with Crippen LogP contribution >= 0.6 is 11.8 Å². The standard InChI is InChI=1S/C11H13N3O3S2/c1-17-9-6-4-8(5-7-9)10-12-11(18-2)14(13-10)19(3,15)16/h4-7H,1-3H3. The van der Waals surface area contributed by atoms with Crippen LogP contribution < -0.4 is 4.74 Å². The largest absolute Gasteiger partial charge is 0.497 e. The fraction of sp³-hybridized carbons (Fsp3) is 0.273. The predicted octanol–water partition coefficient (Wildman–Crippen LogP) is 1.48. The zero-order valence-electron chi connectivity index (χ0n) is 10.7. The lowest BCUT2D eigenvalue weighted by molar-refractivity contribution is 0.415. The Balaban J connectivity index is 2.48. The number of hydrogen-bond donors (Lipinski definition) is 0. The fourth-order valence-corrected chi connectivity index (χ4v) is 3.04. The molecule has 0 amide bonds. The van der Waals surface area contributed by atoms with Crippen molar-refractivity contribution in [2.75, 3.05) is 19.6 Å². The van der Waals surface area contributed by atoms with Gasteiger partial charge in [0, 0.05) is 5.56 Å². The van der Waals surface area contributed by atoms with E-state index in [1.54, 1.807) is 37.6 Å². The van der Waals surface area contributed by atoms with E-state index in [9.17, 15) is 8.42 Å². The van der Waals surface area contributed by atoms with Crippen LogP contribution in [0.3, 0.4) is 0 Å². The van der Waals surface area contributed by atoms with Crippen molar-refractivity contribution in [1.29, 1.82) is 0 Å². The minimum atomic E-state index is -3.45. The van der Waals surface area contributed by atoms with Crippen LogP contribution in [-0.2, 0) is 10.0 Å². The summed E-state index contributed by atoms with van der Waals surface area (Å²) in [6, 6.07) is 7.11. The van der Waals surface area contributed by atoms with E-state index in [0.29, 0.717) is 11.0 Å². The zero-order chi connectivity index (χ0) is 14.0. The van der Waals surface area contributed by atoms with E-state index >= 15 is 0 Å². The Bertz CT molecular complexity index is 678. The van der Waals surface area contributed by atoms with Crippen LogP contribution in [0.4, 0.5) is 0 Å². The number of hydrogen-bond acceptors (Lipinski definition) is 6. The topological polar surface area (TPSA) is 74.1 Å². The molecule has 8 heteroatoms. The molecule has 1 heterocycles. The average Bonchev–Trinajstić information content (AvgIpc) is 2.83. The van der Waals surface area contributed by atoms with E-state index in [4.69, 9.17) is 4.74 Å². The second-order valence-corrected chi connectivity index (χ2v) is 6.34. The summed E-state index contributed by atoms with van der Waals surface area (Å²) in [7, 11) is -1.87. The highest BCUT2D eigenvalue weighted by atomic mass is 32.2. The Morgan fingerprint density at radius 3 is 2.32 bits per heavy atom. The van der Waals surface area contributed by atoms with Crippen LogP contribution in [0.1, 0.15) is 0 Å². The maximum atomic E-state index is 11.6. The summed E-state index contributed by atoms with van der Waals surface area (Å²) >= 11 is 1.23. The molecule has 0 saturated carbocycles. The molecule has 2 aromatic rings. The summed E-state index contributed by atoms with van der Waals surface area (Å²) in [5, 5.41) is 4.38. The zero-order valence-corrected chi connectivity index (χ0v) is 12.3. The minimum Gasteiger partial charge on any atom is -0.497 e. The van der Waals surface area contributed by atoms with E-state index in [-0.39, 0.29) is 0 Å². The second kappa shape index (κ2) is 5.22. The molecule has 1 aromatic heterocycles. The first-order valence-corrected chi connectivity index (χ1v) is 8.39. The van der Waals surface area contributed by atoms with Gasteiger partial charge in [0.2, 0.25) is 5.16 Å². The van der Waals surface area contributed by atoms with Gasteiger partial charge < -0.3 is 4.74 Å². The Kier molecular flexibility index (Phi) is 3.81. The molecule has 0 unspecified atom stereocenters. The fourth-order valence-electron chi connectivity index (χ4n) is 1.49. The van der Waals surface area contributed by atoms with Gasteiger partial charge in [-0.2, -0.15) is 4.98 Å². The molecule has 6 nitrogen and oxygen atoms in total. The lowest BCUT2D eigenvalue weighted by Crippen LogP contribution is -2.12. The smallest absolute Gasteiger partial charge is 0.253 e. The number of benzene rings is 1. The summed E-state index contributed by atoms with van der Waals surface area (Å²) in [4.78, 5) is 4.22. The predicted molar refractivity (Wildman–Crippen MR) is 74.0 cm³/mol. The first-order chi connectivity index (χ1) is 8.95. The van der Waals surface area contributed by atoms with Gasteiger partial charge >= 0.3 is 0 Å². The molecular weight excluding hydrogens is 286 g/mol. The van der Waals surface area contributed by atoms with Gasteiger partial charge in [-0.1, -0.05) is 11.8 Å². The van der Waals surface area contributed by atoms with E-state index < -0.39 is 10.0 Å². The SMILES string of the molecule is COc1ccc(-c2nc(SC)n(S(C)(=O)=O)n2)cc1. The number of nitrogens with zero attached hydrogens (tertiary/aromatic N) is 3. The number of aromatic nitrogens is 3. The number of methoxy groups -OCH3 is 1. The normalized spacial score (nSPS) is 11.5. The molecule has 0 spiro atoms. The van der Waals surface area contributed by atoms with E-state index in [1.165, 1.54) is 11.8 Å². The summed E-state index contributed by atoms with van der Waals surface area (Å²) < 4.78 is 29.2. The van der Waals surface area contributed by atoms with E-state index in [2.05, 4.69) is 10.1 Å². The van der Waals surface area contributed by atoms with Crippen LogP contribution in [0.2, 0.25) is 0 Å². The van der Waals surface area contributed by atoms with Gasteiger partial charge in [-0.3, -0.25) is 0 Å². The highest BCUT2D eigenvalue weighted by Gasteiger charge is 2.17. The van der Waals surface area contributed by atoms with E-state index in [1.807, 2.05) is 0 Å². The third kappa shape index (κ3) is 2.90. The highest BCUT2D eigenvalue weighted by molar-refractivity contribution is 7.99. The summed E-state index contributed by atoms with van der Waals surface area (Å²) in [5.41, 5.74) is 0.735. The van der Waals surface area contributed by atoms with Crippen molar-refractivity contribution in [2.24, 2.45) is 0 Å². The molecule has 0 radical (unpaired) electrons. The van der Waals surface area contributed by atoms with Crippen molar-refractivity contribution in [1.82, 2.24) is 14.2 Å². The quantitative estimate of drug-likeness (QED) is 0.796. The van der Waals surface area contributed by atoms with Crippen LogP contribution in [-0.4, -0.2) is 42.2 Å². The number of rotatable bonds is 4. The molecule has 102 valence electrons. The lowest BCUT2D eigenvalue weighted by Gasteiger charge is -1.99. The van der Waals surface area contributed by atoms with Crippen LogP contribution in [0.15, 0.2) is 29.4 Å². The third-order valence-corrected chi connectivity index (χ3v) is 4.02. The molecule has 0 aliphatic carbocycles. The molecule has 0 N–H and O–H groups in total. The van der Waals surface area contributed by atoms with Gasteiger partial charge in [0.15, 0.2) is 5.82 Å². The van der Waals surface area contributed by atoms with Crippen molar-refractivity contribution in [3.8, 4) is 17.1 Å². The molecule has 0 aliphatic rings. The molecule has 0 atom stereocenters. The lowest BCUT2D eigenvalue weighted by atomic mass is 10.2. The highest BCUT2D eigenvalue weighted by Crippen LogP contribution is 2.23. The molecule has 0 aliphatic heterocycles. The van der Waals surface area contributed by atoms with Gasteiger partial charge in [-0.25, -0.2) is 8.42 Å². The van der Waals surface area contributed by atoms with Gasteiger partial charge in [0.05, 0.1) is 13.4 Å². The molecule has 1 aromatic carbocycles. The van der Waals surface area contributed by atoms with Gasteiger partial charge in [-0.05, 0) is 30.5 Å². The van der Waals surface area contributed by atoms with Gasteiger partial charge in [0.1, 0.15) is 5.75 Å². The number of thioether (sulfide) groups is 1. The van der Waals surface area contributed by atoms with Crippen LogP contribution in [0.25, 0.3) is 11.4 Å². The van der Waals surface area contributed by atoms with Crippen molar-refractivity contribution in [3.05, 3.63) is 24.3 Å². The average molecular weight is 299 g/mol. The van der Waals surface area contributed by atoms with E-state index in [0.717, 1.165) is 21.7 Å². The Morgan fingerprint density at radius 2 is 1.89 bits per heavy atom. The first-order valence-electron chi connectivity index (χ1n) is 5.31. The van der Waals surface area contributed by atoms with Crippen molar-refractivity contribution in [3.63, 3.8) is 0 Å². The van der Waals surface area contributed by atoms with Crippen LogP contribution in [0, 0.1) is 0 Å². The first kappa shape index (κ1) is 13.9. The maximum Gasteiger partial charge on any atom is 0.253 e. The molecule has 19 heavy (non-hydrogen) atoms. The minimum absolute atomic E-state index is 0.341. The van der Waals surface area contributed by atoms with Crippen molar-refractivity contribution >= 4 is 21.8 Å². The molecule has 0 bridgehead atoms. The molecular formula is C11H13N3O3S2. The van der Waals surface area contributed by atoms with Gasteiger partial charge in [-0.15, -0.1) is 9.19 Å². The van der Waals surface area contributed by atoms with Gasteiger partial charge in [0.25, 0.3) is 10.0 Å². The van der Waals surface area contributed by atoms with Crippen molar-refractivity contribution in [2.45, 2.75) is 5.16 Å². The molecule has 0 fully saturated rings. The second-order valence-electron chi connectivity index (χ2n) is 3.76. The monoisotopic (exact) mass is 299 g/mol. The Labute approximate surface area is 115 Å². The Morgan fingerprint density at radius 1 is 1.26 bits per heavy atom. The molecule has 2 rings (SSSR count). The Hall–Kier alpha value is -1.54.